The molecule has 0 aromatic heterocycles. The SMILES string of the molecule is COc1cc(OC)cc([C@H]2SCCN2C(=O)c2ccc([N+](=O)[O-])cc2)c1. The fourth-order valence-corrected chi connectivity index (χ4v) is 4.05. The van der Waals surface area contributed by atoms with Crippen molar-refractivity contribution in [3.05, 3.63) is 63.7 Å². The highest BCUT2D eigenvalue weighted by molar-refractivity contribution is 7.99. The molecule has 3 rings (SSSR count). The zero-order valence-corrected chi connectivity index (χ0v) is 15.2. The molecular formula is C18H18N2O5S. The molecule has 0 radical (unpaired) electrons. The number of amides is 1. The molecule has 1 saturated heterocycles. The number of ether oxygens (including phenoxy) is 2. The summed E-state index contributed by atoms with van der Waals surface area (Å²) in [6.07, 6.45) is 0. The van der Waals surface area contributed by atoms with Gasteiger partial charge in [-0.05, 0) is 29.8 Å². The number of thioether (sulfide) groups is 1. The van der Waals surface area contributed by atoms with Gasteiger partial charge in [0.2, 0.25) is 0 Å². The minimum Gasteiger partial charge on any atom is -0.497 e. The van der Waals surface area contributed by atoms with Crippen molar-refractivity contribution in [3.8, 4) is 11.5 Å². The van der Waals surface area contributed by atoms with Gasteiger partial charge in [0.1, 0.15) is 16.9 Å². The normalized spacial score (nSPS) is 16.4. The molecule has 7 nitrogen and oxygen atoms in total. The first kappa shape index (κ1) is 18.1. The van der Waals surface area contributed by atoms with E-state index >= 15 is 0 Å². The highest BCUT2D eigenvalue weighted by Crippen LogP contribution is 2.41. The highest BCUT2D eigenvalue weighted by Gasteiger charge is 2.32. The second-order valence-electron chi connectivity index (χ2n) is 5.67. The molecule has 1 fully saturated rings. The largest absolute Gasteiger partial charge is 0.497 e. The summed E-state index contributed by atoms with van der Waals surface area (Å²) < 4.78 is 10.6. The van der Waals surface area contributed by atoms with Gasteiger partial charge in [-0.1, -0.05) is 0 Å². The monoisotopic (exact) mass is 374 g/mol. The molecule has 0 unspecified atom stereocenters. The van der Waals surface area contributed by atoms with Gasteiger partial charge in [-0.25, -0.2) is 0 Å². The average molecular weight is 374 g/mol. The van der Waals surface area contributed by atoms with Gasteiger partial charge in [0, 0.05) is 36.1 Å². The van der Waals surface area contributed by atoms with E-state index in [0.29, 0.717) is 23.6 Å². The lowest BCUT2D eigenvalue weighted by Crippen LogP contribution is -2.30. The summed E-state index contributed by atoms with van der Waals surface area (Å²) in [5.74, 6) is 1.98. The summed E-state index contributed by atoms with van der Waals surface area (Å²) in [6, 6.07) is 11.2. The smallest absolute Gasteiger partial charge is 0.269 e. The molecule has 2 aromatic rings. The summed E-state index contributed by atoms with van der Waals surface area (Å²) in [5.41, 5.74) is 1.31. The summed E-state index contributed by atoms with van der Waals surface area (Å²) >= 11 is 1.66. The number of benzene rings is 2. The third kappa shape index (κ3) is 3.60. The van der Waals surface area contributed by atoms with Gasteiger partial charge >= 0.3 is 0 Å². The number of hydrogen-bond acceptors (Lipinski definition) is 6. The molecule has 0 N–H and O–H groups in total. The molecule has 26 heavy (non-hydrogen) atoms. The second-order valence-corrected chi connectivity index (χ2v) is 6.86. The Morgan fingerprint density at radius 1 is 1.15 bits per heavy atom. The minimum absolute atomic E-state index is 0.0357. The molecular weight excluding hydrogens is 356 g/mol. The average Bonchev–Trinajstić information content (AvgIpc) is 3.16. The topological polar surface area (TPSA) is 81.9 Å². The molecule has 136 valence electrons. The fourth-order valence-electron chi connectivity index (χ4n) is 2.82. The van der Waals surface area contributed by atoms with Crippen LogP contribution in [0.25, 0.3) is 0 Å². The fraction of sp³-hybridized carbons (Fsp3) is 0.278. The quantitative estimate of drug-likeness (QED) is 0.588. The molecule has 0 spiro atoms. The van der Waals surface area contributed by atoms with E-state index in [1.807, 2.05) is 12.1 Å². The third-order valence-electron chi connectivity index (χ3n) is 4.14. The zero-order chi connectivity index (χ0) is 18.7. The van der Waals surface area contributed by atoms with Gasteiger partial charge in [0.25, 0.3) is 11.6 Å². The molecule has 0 bridgehead atoms. The summed E-state index contributed by atoms with van der Waals surface area (Å²) in [5, 5.41) is 10.6. The number of methoxy groups -OCH3 is 2. The van der Waals surface area contributed by atoms with Crippen molar-refractivity contribution in [3.63, 3.8) is 0 Å². The number of nitro benzene ring substituents is 1. The molecule has 1 atom stereocenters. The van der Waals surface area contributed by atoms with Gasteiger partial charge in [-0.2, -0.15) is 0 Å². The maximum atomic E-state index is 12.9. The Labute approximate surface area is 155 Å². The molecule has 2 aromatic carbocycles. The van der Waals surface area contributed by atoms with Gasteiger partial charge in [-0.3, -0.25) is 14.9 Å². The minimum atomic E-state index is -0.481. The van der Waals surface area contributed by atoms with Gasteiger partial charge < -0.3 is 14.4 Å². The Morgan fingerprint density at radius 3 is 2.31 bits per heavy atom. The van der Waals surface area contributed by atoms with Crippen molar-refractivity contribution >= 4 is 23.4 Å². The van der Waals surface area contributed by atoms with Crippen LogP contribution in [0.15, 0.2) is 42.5 Å². The summed E-state index contributed by atoms with van der Waals surface area (Å²) in [4.78, 5) is 25.0. The number of carbonyl (C=O) groups excluding carboxylic acids is 1. The van der Waals surface area contributed by atoms with Crippen LogP contribution in [0, 0.1) is 10.1 Å². The van der Waals surface area contributed by atoms with Gasteiger partial charge in [0.15, 0.2) is 0 Å². The summed E-state index contributed by atoms with van der Waals surface area (Å²) in [7, 11) is 3.17. The predicted molar refractivity (Wildman–Crippen MR) is 98.9 cm³/mol. The Balaban J connectivity index is 1.88. The van der Waals surface area contributed by atoms with Crippen LogP contribution < -0.4 is 9.47 Å². The first-order valence-corrected chi connectivity index (χ1v) is 8.98. The number of carbonyl (C=O) groups is 1. The Morgan fingerprint density at radius 2 is 1.77 bits per heavy atom. The highest BCUT2D eigenvalue weighted by atomic mass is 32.2. The molecule has 1 amide bonds. The van der Waals surface area contributed by atoms with Gasteiger partial charge in [-0.15, -0.1) is 11.8 Å². The molecule has 0 saturated carbocycles. The van der Waals surface area contributed by atoms with Crippen LogP contribution in [-0.2, 0) is 0 Å². The first-order chi connectivity index (χ1) is 12.5. The van der Waals surface area contributed by atoms with Crippen LogP contribution in [0.1, 0.15) is 21.3 Å². The second kappa shape index (κ2) is 7.65. The van der Waals surface area contributed by atoms with Crippen LogP contribution in [0.4, 0.5) is 5.69 Å². The number of nitrogens with zero attached hydrogens (tertiary/aromatic N) is 2. The Hall–Kier alpha value is -2.74. The lowest BCUT2D eigenvalue weighted by molar-refractivity contribution is -0.384. The Bertz CT molecular complexity index is 803. The van der Waals surface area contributed by atoms with E-state index in [-0.39, 0.29) is 17.0 Å². The van der Waals surface area contributed by atoms with E-state index in [1.54, 1.807) is 36.9 Å². The van der Waals surface area contributed by atoms with E-state index in [1.165, 1.54) is 24.3 Å². The molecule has 8 heteroatoms. The van der Waals surface area contributed by atoms with Crippen LogP contribution >= 0.6 is 11.8 Å². The van der Waals surface area contributed by atoms with Crippen molar-refractivity contribution in [2.45, 2.75) is 5.37 Å². The Kier molecular flexibility index (Phi) is 5.32. The van der Waals surface area contributed by atoms with E-state index in [2.05, 4.69) is 0 Å². The lowest BCUT2D eigenvalue weighted by Gasteiger charge is -2.25. The van der Waals surface area contributed by atoms with E-state index in [4.69, 9.17) is 9.47 Å². The van der Waals surface area contributed by atoms with Crippen molar-refractivity contribution < 1.29 is 19.2 Å². The molecule has 1 heterocycles. The molecule has 1 aliphatic heterocycles. The standard InChI is InChI=1S/C18H18N2O5S/c1-24-15-9-13(10-16(11-15)25-2)18-19(7-8-26-18)17(21)12-3-5-14(6-4-12)20(22)23/h3-6,9-11,18H,7-8H2,1-2H3/t18-/m1/s1. The lowest BCUT2D eigenvalue weighted by atomic mass is 10.1. The number of rotatable bonds is 5. The van der Waals surface area contributed by atoms with E-state index in [9.17, 15) is 14.9 Å². The number of hydrogen-bond donors (Lipinski definition) is 0. The van der Waals surface area contributed by atoms with E-state index < -0.39 is 4.92 Å². The van der Waals surface area contributed by atoms with E-state index in [0.717, 1.165) is 11.3 Å². The van der Waals surface area contributed by atoms with Crippen molar-refractivity contribution in [1.29, 1.82) is 0 Å². The maximum absolute atomic E-state index is 12.9. The summed E-state index contributed by atoms with van der Waals surface area (Å²) in [6.45, 7) is 0.602. The van der Waals surface area contributed by atoms with Crippen LogP contribution in [0.5, 0.6) is 11.5 Å². The molecule has 0 aliphatic carbocycles. The van der Waals surface area contributed by atoms with Crippen LogP contribution in [0.3, 0.4) is 0 Å². The number of nitro groups is 1. The van der Waals surface area contributed by atoms with Crippen molar-refractivity contribution in [2.24, 2.45) is 0 Å². The maximum Gasteiger partial charge on any atom is 0.269 e. The van der Waals surface area contributed by atoms with Crippen LogP contribution in [-0.4, -0.2) is 42.2 Å². The van der Waals surface area contributed by atoms with Gasteiger partial charge in [0.05, 0.1) is 19.1 Å². The first-order valence-electron chi connectivity index (χ1n) is 7.93. The zero-order valence-electron chi connectivity index (χ0n) is 14.4. The predicted octanol–water partition coefficient (Wildman–Crippen LogP) is 3.50. The number of non-ortho nitro benzene ring substituents is 1. The van der Waals surface area contributed by atoms with Crippen LogP contribution in [0.2, 0.25) is 0 Å². The van der Waals surface area contributed by atoms with Crippen molar-refractivity contribution in [1.82, 2.24) is 4.90 Å². The third-order valence-corrected chi connectivity index (χ3v) is 5.40. The van der Waals surface area contributed by atoms with Crippen molar-refractivity contribution in [2.75, 3.05) is 26.5 Å². The molecule has 1 aliphatic rings.